The van der Waals surface area contributed by atoms with Gasteiger partial charge in [-0.1, -0.05) is 55.8 Å². The summed E-state index contributed by atoms with van der Waals surface area (Å²) in [7, 11) is 0. The minimum absolute atomic E-state index is 0.147. The largest absolute Gasteiger partial charge is 0.447 e. The first kappa shape index (κ1) is 20.3. The number of hydrogen-bond acceptors (Lipinski definition) is 7. The van der Waals surface area contributed by atoms with Crippen LogP contribution in [0.2, 0.25) is 0 Å². The molecule has 0 saturated heterocycles. The number of unbranched alkanes of at least 4 members (excludes halogenated alkanes) is 2. The van der Waals surface area contributed by atoms with Crippen LogP contribution in [0.15, 0.2) is 53.9 Å². The Balaban J connectivity index is 1.79. The number of thioether (sulfide) groups is 1. The van der Waals surface area contributed by atoms with Gasteiger partial charge in [-0.3, -0.25) is 14.7 Å². The van der Waals surface area contributed by atoms with Gasteiger partial charge in [0.15, 0.2) is 5.69 Å². The summed E-state index contributed by atoms with van der Waals surface area (Å²) in [6, 6.07) is 11.3. The second-order valence-electron chi connectivity index (χ2n) is 6.97. The standard InChI is InChI=1S/C22H23N5O2S/c1-3-4-7-13-30-22-24-20-19(25-26-22)17-10-5-6-11-18(17)27(15(2)28)21(29-20)16-9-8-12-23-14-16/h5-6,8-12,14,21H,3-4,7,13H2,1-2H3. The molecule has 3 aromatic rings. The first-order valence-corrected chi connectivity index (χ1v) is 11.0. The van der Waals surface area contributed by atoms with Crippen molar-refractivity contribution in [2.45, 2.75) is 44.5 Å². The van der Waals surface area contributed by atoms with E-state index in [2.05, 4.69) is 27.1 Å². The van der Waals surface area contributed by atoms with Crippen LogP contribution < -0.4 is 9.64 Å². The molecule has 0 spiro atoms. The van der Waals surface area contributed by atoms with Crippen molar-refractivity contribution in [1.82, 2.24) is 20.2 Å². The van der Waals surface area contributed by atoms with Crippen LogP contribution in [0.4, 0.5) is 5.69 Å². The molecule has 0 N–H and O–H groups in total. The smallest absolute Gasteiger partial charge is 0.247 e. The van der Waals surface area contributed by atoms with Crippen LogP contribution in [0.25, 0.3) is 11.3 Å². The molecule has 1 aliphatic heterocycles. The van der Waals surface area contributed by atoms with E-state index >= 15 is 0 Å². The molecule has 4 rings (SSSR count). The Bertz CT molecular complexity index is 1030. The van der Waals surface area contributed by atoms with Gasteiger partial charge in [-0.2, -0.15) is 4.98 Å². The number of benzene rings is 1. The van der Waals surface area contributed by atoms with Crippen molar-refractivity contribution < 1.29 is 9.53 Å². The summed E-state index contributed by atoms with van der Waals surface area (Å²) in [5.41, 5.74) is 2.75. The number of ether oxygens (including phenoxy) is 1. The van der Waals surface area contributed by atoms with Gasteiger partial charge in [0.05, 0.1) is 5.69 Å². The van der Waals surface area contributed by atoms with Gasteiger partial charge < -0.3 is 4.74 Å². The zero-order valence-electron chi connectivity index (χ0n) is 17.0. The molecule has 1 aliphatic rings. The van der Waals surface area contributed by atoms with Crippen LogP contribution in [-0.2, 0) is 4.79 Å². The number of carbonyl (C=O) groups excluding carboxylic acids is 1. The van der Waals surface area contributed by atoms with Crippen molar-refractivity contribution >= 4 is 23.4 Å². The lowest BCUT2D eigenvalue weighted by molar-refractivity contribution is -0.118. The van der Waals surface area contributed by atoms with E-state index in [1.807, 2.05) is 36.4 Å². The number of amides is 1. The van der Waals surface area contributed by atoms with E-state index in [0.717, 1.165) is 29.7 Å². The van der Waals surface area contributed by atoms with Crippen molar-refractivity contribution in [2.24, 2.45) is 0 Å². The Labute approximate surface area is 179 Å². The zero-order valence-corrected chi connectivity index (χ0v) is 17.8. The molecule has 8 heteroatoms. The monoisotopic (exact) mass is 421 g/mol. The minimum Gasteiger partial charge on any atom is -0.447 e. The molecular formula is C22H23N5O2S. The summed E-state index contributed by atoms with van der Waals surface area (Å²) in [5, 5.41) is 9.31. The van der Waals surface area contributed by atoms with E-state index in [0.29, 0.717) is 22.4 Å². The number of rotatable bonds is 6. The molecule has 0 saturated carbocycles. The third-order valence-electron chi connectivity index (χ3n) is 4.80. The van der Waals surface area contributed by atoms with Gasteiger partial charge in [0.2, 0.25) is 23.2 Å². The third kappa shape index (κ3) is 4.14. The van der Waals surface area contributed by atoms with Crippen LogP contribution in [0.3, 0.4) is 0 Å². The molecule has 154 valence electrons. The Hall–Kier alpha value is -3.00. The second kappa shape index (κ2) is 9.21. The Kier molecular flexibility index (Phi) is 6.23. The molecule has 1 amide bonds. The Morgan fingerprint density at radius 1 is 1.17 bits per heavy atom. The predicted molar refractivity (Wildman–Crippen MR) is 116 cm³/mol. The highest BCUT2D eigenvalue weighted by Crippen LogP contribution is 2.43. The normalized spacial score (nSPS) is 15.0. The third-order valence-corrected chi connectivity index (χ3v) is 5.72. The Morgan fingerprint density at radius 3 is 2.80 bits per heavy atom. The van der Waals surface area contributed by atoms with E-state index in [4.69, 9.17) is 4.74 Å². The van der Waals surface area contributed by atoms with Gasteiger partial charge in [0, 0.05) is 36.2 Å². The SMILES string of the molecule is CCCCCSc1nnc2c(n1)OC(c1cccnc1)N(C(C)=O)c1ccccc1-2. The lowest BCUT2D eigenvalue weighted by Gasteiger charge is -2.29. The van der Waals surface area contributed by atoms with Gasteiger partial charge in [-0.05, 0) is 18.6 Å². The van der Waals surface area contributed by atoms with Gasteiger partial charge >= 0.3 is 0 Å². The fourth-order valence-corrected chi connectivity index (χ4v) is 4.15. The van der Waals surface area contributed by atoms with Gasteiger partial charge in [-0.15, -0.1) is 10.2 Å². The first-order valence-electron chi connectivity index (χ1n) is 10.0. The maximum absolute atomic E-state index is 12.7. The minimum atomic E-state index is -0.701. The molecule has 7 nitrogen and oxygen atoms in total. The van der Waals surface area contributed by atoms with Crippen LogP contribution in [0, 0.1) is 0 Å². The molecule has 1 atom stereocenters. The quantitative estimate of drug-likeness (QED) is 0.423. The second-order valence-corrected chi connectivity index (χ2v) is 8.03. The summed E-state index contributed by atoms with van der Waals surface area (Å²) in [4.78, 5) is 23.1. The molecular weight excluding hydrogens is 398 g/mol. The molecule has 0 radical (unpaired) electrons. The Morgan fingerprint density at radius 2 is 2.03 bits per heavy atom. The number of anilines is 1. The summed E-state index contributed by atoms with van der Waals surface area (Å²) in [6.45, 7) is 3.70. The molecule has 0 fully saturated rings. The molecule has 2 aromatic heterocycles. The number of nitrogens with zero attached hydrogens (tertiary/aromatic N) is 5. The van der Waals surface area contributed by atoms with Crippen molar-refractivity contribution in [3.05, 3.63) is 54.4 Å². The molecule has 1 aromatic carbocycles. The van der Waals surface area contributed by atoms with Crippen LogP contribution in [0.1, 0.15) is 44.9 Å². The van der Waals surface area contributed by atoms with E-state index in [1.54, 1.807) is 29.1 Å². The van der Waals surface area contributed by atoms with E-state index < -0.39 is 6.23 Å². The highest BCUT2D eigenvalue weighted by atomic mass is 32.2. The highest BCUT2D eigenvalue weighted by molar-refractivity contribution is 7.99. The topological polar surface area (TPSA) is 81.1 Å². The average Bonchev–Trinajstić information content (AvgIpc) is 2.91. The highest BCUT2D eigenvalue weighted by Gasteiger charge is 2.34. The molecule has 1 unspecified atom stereocenters. The van der Waals surface area contributed by atoms with Crippen LogP contribution in [-0.4, -0.2) is 31.8 Å². The number of pyridine rings is 1. The number of aromatic nitrogens is 4. The van der Waals surface area contributed by atoms with Crippen LogP contribution in [0.5, 0.6) is 5.88 Å². The summed E-state index contributed by atoms with van der Waals surface area (Å²) >= 11 is 1.57. The maximum atomic E-state index is 12.7. The van der Waals surface area contributed by atoms with Crippen LogP contribution >= 0.6 is 11.8 Å². The molecule has 3 heterocycles. The number of hydrogen-bond donors (Lipinski definition) is 0. The van der Waals surface area contributed by atoms with Gasteiger partial charge in [0.1, 0.15) is 0 Å². The molecule has 30 heavy (non-hydrogen) atoms. The van der Waals surface area contributed by atoms with Crippen molar-refractivity contribution in [3.63, 3.8) is 0 Å². The van der Waals surface area contributed by atoms with E-state index in [-0.39, 0.29) is 5.91 Å². The summed E-state index contributed by atoms with van der Waals surface area (Å²) in [6.07, 6.45) is 6.12. The lowest BCUT2D eigenvalue weighted by Crippen LogP contribution is -2.36. The molecule has 0 bridgehead atoms. The molecule has 0 aliphatic carbocycles. The van der Waals surface area contributed by atoms with Crippen molar-refractivity contribution in [3.8, 4) is 17.1 Å². The fraction of sp³-hybridized carbons (Fsp3) is 0.318. The maximum Gasteiger partial charge on any atom is 0.247 e. The fourth-order valence-electron chi connectivity index (χ4n) is 3.37. The number of para-hydroxylation sites is 1. The predicted octanol–water partition coefficient (Wildman–Crippen LogP) is 4.66. The van der Waals surface area contributed by atoms with Gasteiger partial charge in [0.25, 0.3) is 0 Å². The van der Waals surface area contributed by atoms with E-state index in [1.165, 1.54) is 13.3 Å². The van der Waals surface area contributed by atoms with Crippen molar-refractivity contribution in [1.29, 1.82) is 0 Å². The summed E-state index contributed by atoms with van der Waals surface area (Å²) in [5.74, 6) is 1.15. The zero-order chi connectivity index (χ0) is 20.9. The average molecular weight is 422 g/mol. The number of fused-ring (bicyclic) bond motifs is 3. The van der Waals surface area contributed by atoms with Gasteiger partial charge in [-0.25, -0.2) is 0 Å². The summed E-state index contributed by atoms with van der Waals surface area (Å²) < 4.78 is 6.31. The first-order chi connectivity index (χ1) is 14.7. The van der Waals surface area contributed by atoms with Crippen molar-refractivity contribution in [2.75, 3.05) is 10.7 Å². The van der Waals surface area contributed by atoms with E-state index in [9.17, 15) is 4.79 Å². The lowest BCUT2D eigenvalue weighted by atomic mass is 10.1. The number of carbonyl (C=O) groups is 1.